The summed E-state index contributed by atoms with van der Waals surface area (Å²) in [5.74, 6) is 0.311. The van der Waals surface area contributed by atoms with Crippen molar-refractivity contribution < 1.29 is 9.90 Å². The van der Waals surface area contributed by atoms with Crippen LogP contribution in [0.4, 0.5) is 0 Å². The fourth-order valence-electron chi connectivity index (χ4n) is 4.21. The van der Waals surface area contributed by atoms with Crippen molar-refractivity contribution in [3.8, 4) is 0 Å². The lowest BCUT2D eigenvalue weighted by atomic mass is 9.91. The summed E-state index contributed by atoms with van der Waals surface area (Å²) in [6.45, 7) is 6.40. The fourth-order valence-corrected chi connectivity index (χ4v) is 4.21. The molecule has 2 heterocycles. The zero-order valence-electron chi connectivity index (χ0n) is 13.8. The number of rotatable bonds is 3. The Morgan fingerprint density at radius 1 is 0.864 bits per heavy atom. The van der Waals surface area contributed by atoms with Crippen LogP contribution in [0.25, 0.3) is 0 Å². The standard InChI is InChI=1S/C17H31N3O2/c21-16-7-3-2-6-15(16)19-12-10-18(11-13-19)14-17(22)20-8-4-1-5-9-20/h15-16,21H,1-14H2. The number of nitrogens with zero attached hydrogens (tertiary/aromatic N) is 3. The number of amides is 1. The van der Waals surface area contributed by atoms with Gasteiger partial charge in [0.1, 0.15) is 0 Å². The Morgan fingerprint density at radius 2 is 1.55 bits per heavy atom. The minimum atomic E-state index is -0.143. The van der Waals surface area contributed by atoms with Gasteiger partial charge in [-0.15, -0.1) is 0 Å². The Labute approximate surface area is 134 Å². The Morgan fingerprint density at radius 3 is 2.23 bits per heavy atom. The summed E-state index contributed by atoms with van der Waals surface area (Å²) in [5, 5.41) is 10.2. The van der Waals surface area contributed by atoms with Crippen molar-refractivity contribution in [2.45, 2.75) is 57.1 Å². The van der Waals surface area contributed by atoms with Crippen LogP contribution < -0.4 is 0 Å². The monoisotopic (exact) mass is 309 g/mol. The van der Waals surface area contributed by atoms with Gasteiger partial charge in [-0.1, -0.05) is 12.8 Å². The predicted octanol–water partition coefficient (Wildman–Crippen LogP) is 0.920. The van der Waals surface area contributed by atoms with E-state index in [1.165, 1.54) is 32.1 Å². The highest BCUT2D eigenvalue weighted by Gasteiger charge is 2.31. The van der Waals surface area contributed by atoms with Gasteiger partial charge in [-0.05, 0) is 32.1 Å². The Hall–Kier alpha value is -0.650. The molecular weight excluding hydrogens is 278 g/mol. The second-order valence-electron chi connectivity index (χ2n) is 7.17. The number of hydrogen-bond donors (Lipinski definition) is 1. The molecule has 126 valence electrons. The summed E-state index contributed by atoms with van der Waals surface area (Å²) in [5.41, 5.74) is 0. The molecule has 0 bridgehead atoms. The quantitative estimate of drug-likeness (QED) is 0.842. The first-order chi connectivity index (χ1) is 10.7. The van der Waals surface area contributed by atoms with Crippen LogP contribution >= 0.6 is 0 Å². The van der Waals surface area contributed by atoms with Gasteiger partial charge in [0.15, 0.2) is 0 Å². The lowest BCUT2D eigenvalue weighted by molar-refractivity contribution is -0.134. The van der Waals surface area contributed by atoms with Crippen LogP contribution in [0.1, 0.15) is 44.9 Å². The van der Waals surface area contributed by atoms with E-state index in [1.54, 1.807) is 0 Å². The van der Waals surface area contributed by atoms with E-state index >= 15 is 0 Å². The lowest BCUT2D eigenvalue weighted by Gasteiger charge is -2.42. The van der Waals surface area contributed by atoms with E-state index < -0.39 is 0 Å². The van der Waals surface area contributed by atoms with Crippen LogP contribution in [0.2, 0.25) is 0 Å². The van der Waals surface area contributed by atoms with E-state index in [0.717, 1.165) is 52.1 Å². The van der Waals surface area contributed by atoms with Crippen LogP contribution in [-0.2, 0) is 4.79 Å². The third-order valence-corrected chi connectivity index (χ3v) is 5.64. The Kier molecular flexibility index (Phi) is 5.71. The first kappa shape index (κ1) is 16.2. The molecule has 5 heteroatoms. The zero-order valence-corrected chi connectivity index (χ0v) is 13.8. The summed E-state index contributed by atoms with van der Waals surface area (Å²) >= 11 is 0. The van der Waals surface area contributed by atoms with E-state index in [9.17, 15) is 9.90 Å². The second-order valence-corrected chi connectivity index (χ2v) is 7.17. The molecule has 5 nitrogen and oxygen atoms in total. The first-order valence-corrected chi connectivity index (χ1v) is 9.16. The number of aliphatic hydroxyl groups is 1. The average molecular weight is 309 g/mol. The molecule has 2 atom stereocenters. The normalized spacial score (nSPS) is 32.1. The van der Waals surface area contributed by atoms with Crippen LogP contribution in [0.15, 0.2) is 0 Å². The number of piperazine rings is 1. The number of carbonyl (C=O) groups is 1. The first-order valence-electron chi connectivity index (χ1n) is 9.16. The summed E-state index contributed by atoms with van der Waals surface area (Å²) < 4.78 is 0. The maximum Gasteiger partial charge on any atom is 0.236 e. The van der Waals surface area contributed by atoms with Crippen LogP contribution in [-0.4, -0.2) is 83.7 Å². The molecule has 0 radical (unpaired) electrons. The Bertz CT molecular complexity index is 363. The van der Waals surface area contributed by atoms with Gasteiger partial charge in [0.05, 0.1) is 12.6 Å². The Balaban J connectivity index is 1.42. The molecule has 2 unspecified atom stereocenters. The summed E-state index contributed by atoms with van der Waals surface area (Å²) in [6.07, 6.45) is 7.96. The number of carbonyl (C=O) groups excluding carboxylic acids is 1. The maximum atomic E-state index is 12.3. The van der Waals surface area contributed by atoms with Crippen molar-refractivity contribution in [1.29, 1.82) is 0 Å². The number of piperidine rings is 1. The molecule has 3 fully saturated rings. The molecule has 3 rings (SSSR count). The van der Waals surface area contributed by atoms with Crippen molar-refractivity contribution in [2.75, 3.05) is 45.8 Å². The molecule has 2 saturated heterocycles. The molecule has 1 saturated carbocycles. The smallest absolute Gasteiger partial charge is 0.236 e. The van der Waals surface area contributed by atoms with Gasteiger partial charge in [-0.2, -0.15) is 0 Å². The van der Waals surface area contributed by atoms with Gasteiger partial charge >= 0.3 is 0 Å². The van der Waals surface area contributed by atoms with E-state index in [0.29, 0.717) is 18.5 Å². The molecule has 1 N–H and O–H groups in total. The van der Waals surface area contributed by atoms with Crippen LogP contribution in [0.3, 0.4) is 0 Å². The van der Waals surface area contributed by atoms with Gasteiger partial charge in [-0.3, -0.25) is 14.6 Å². The topological polar surface area (TPSA) is 47.0 Å². The maximum absolute atomic E-state index is 12.3. The van der Waals surface area contributed by atoms with Crippen molar-refractivity contribution in [3.05, 3.63) is 0 Å². The van der Waals surface area contributed by atoms with E-state index in [-0.39, 0.29) is 6.10 Å². The number of likely N-dealkylation sites (tertiary alicyclic amines) is 1. The van der Waals surface area contributed by atoms with Crippen molar-refractivity contribution in [2.24, 2.45) is 0 Å². The molecule has 1 aliphatic carbocycles. The molecule has 0 spiro atoms. The third-order valence-electron chi connectivity index (χ3n) is 5.64. The van der Waals surface area contributed by atoms with Crippen molar-refractivity contribution in [1.82, 2.24) is 14.7 Å². The summed E-state index contributed by atoms with van der Waals surface area (Å²) in [4.78, 5) is 19.1. The second kappa shape index (κ2) is 7.75. The minimum Gasteiger partial charge on any atom is -0.391 e. The van der Waals surface area contributed by atoms with Crippen molar-refractivity contribution in [3.63, 3.8) is 0 Å². The highest BCUT2D eigenvalue weighted by atomic mass is 16.3. The molecule has 2 aliphatic heterocycles. The molecular formula is C17H31N3O2. The van der Waals surface area contributed by atoms with E-state index in [4.69, 9.17) is 0 Å². The van der Waals surface area contributed by atoms with Gasteiger partial charge in [0.2, 0.25) is 5.91 Å². The number of hydrogen-bond acceptors (Lipinski definition) is 4. The van der Waals surface area contributed by atoms with Gasteiger partial charge < -0.3 is 10.0 Å². The van der Waals surface area contributed by atoms with Gasteiger partial charge in [0.25, 0.3) is 0 Å². The third kappa shape index (κ3) is 4.00. The molecule has 0 aromatic carbocycles. The minimum absolute atomic E-state index is 0.143. The van der Waals surface area contributed by atoms with Crippen LogP contribution in [0, 0.1) is 0 Å². The van der Waals surface area contributed by atoms with E-state index in [2.05, 4.69) is 9.80 Å². The lowest BCUT2D eigenvalue weighted by Crippen LogP contribution is -2.56. The molecule has 1 amide bonds. The van der Waals surface area contributed by atoms with Gasteiger partial charge in [0, 0.05) is 45.3 Å². The zero-order chi connectivity index (χ0) is 15.4. The summed E-state index contributed by atoms with van der Waals surface area (Å²) in [7, 11) is 0. The van der Waals surface area contributed by atoms with E-state index in [1.807, 2.05) is 4.90 Å². The predicted molar refractivity (Wildman–Crippen MR) is 86.7 cm³/mol. The fraction of sp³-hybridized carbons (Fsp3) is 0.941. The number of aliphatic hydroxyl groups excluding tert-OH is 1. The van der Waals surface area contributed by atoms with Gasteiger partial charge in [-0.25, -0.2) is 0 Å². The molecule has 0 aromatic heterocycles. The SMILES string of the molecule is O=C(CN1CCN(C2CCCCC2O)CC1)N1CCCCC1. The van der Waals surface area contributed by atoms with Crippen LogP contribution in [0.5, 0.6) is 0 Å². The molecule has 0 aromatic rings. The van der Waals surface area contributed by atoms with Crippen molar-refractivity contribution >= 4 is 5.91 Å². The average Bonchev–Trinajstić information content (AvgIpc) is 2.57. The largest absolute Gasteiger partial charge is 0.391 e. The molecule has 3 aliphatic rings. The highest BCUT2D eigenvalue weighted by molar-refractivity contribution is 5.78. The highest BCUT2D eigenvalue weighted by Crippen LogP contribution is 2.24. The summed E-state index contributed by atoms with van der Waals surface area (Å²) in [6, 6.07) is 0.355. The molecule has 22 heavy (non-hydrogen) atoms.